The molecule has 138 valence electrons. The number of carbonyl (C=O) groups excluding carboxylic acids is 1. The van der Waals surface area contributed by atoms with Crippen LogP contribution in [0.15, 0.2) is 42.5 Å². The van der Waals surface area contributed by atoms with Gasteiger partial charge in [-0.25, -0.2) is 0 Å². The third-order valence-corrected chi connectivity index (χ3v) is 5.87. The van der Waals surface area contributed by atoms with Crippen LogP contribution in [0.3, 0.4) is 0 Å². The van der Waals surface area contributed by atoms with E-state index in [1.54, 1.807) is 42.3 Å². The van der Waals surface area contributed by atoms with Gasteiger partial charge in [0, 0.05) is 22.7 Å². The van der Waals surface area contributed by atoms with Crippen molar-refractivity contribution >= 4 is 11.6 Å². The standard InChI is InChI=1S/C19H17N3O5/c1-21-9-12(11-6-7-15-16(8-11)27-10-26-15)17(22(24)25)19(21)13-4-2-3-5-14(13)20-18(19)23/h2-8,12,17H,9-10H2,1H3,(H,20,23)/t12-,17+,19+/m1/s1. The third-order valence-electron chi connectivity index (χ3n) is 5.87. The normalized spacial score (nSPS) is 28.4. The molecule has 1 fully saturated rings. The van der Waals surface area contributed by atoms with E-state index in [2.05, 4.69) is 5.32 Å². The van der Waals surface area contributed by atoms with Crippen LogP contribution in [0.5, 0.6) is 11.5 Å². The molecule has 27 heavy (non-hydrogen) atoms. The second-order valence-electron chi connectivity index (χ2n) is 7.10. The Kier molecular flexibility index (Phi) is 3.23. The number of nitro groups is 1. The Hall–Kier alpha value is -3.13. The van der Waals surface area contributed by atoms with E-state index in [4.69, 9.17) is 9.47 Å². The fourth-order valence-electron chi connectivity index (χ4n) is 4.72. The molecule has 2 aromatic rings. The number of hydrogen-bond acceptors (Lipinski definition) is 6. The number of nitrogens with one attached hydrogen (secondary N) is 1. The van der Waals surface area contributed by atoms with Crippen LogP contribution in [-0.2, 0) is 10.3 Å². The highest BCUT2D eigenvalue weighted by atomic mass is 16.7. The van der Waals surface area contributed by atoms with Gasteiger partial charge in [0.2, 0.25) is 6.79 Å². The van der Waals surface area contributed by atoms with Crippen molar-refractivity contribution in [2.24, 2.45) is 0 Å². The van der Waals surface area contributed by atoms with Crippen LogP contribution in [0.2, 0.25) is 0 Å². The summed E-state index contributed by atoms with van der Waals surface area (Å²) in [4.78, 5) is 26.8. The SMILES string of the molecule is CN1C[C@H](c2ccc3c(c2)OCO3)[C@H]([N+](=O)[O-])[C@@]12C(=O)Nc1ccccc12. The van der Waals surface area contributed by atoms with Crippen LogP contribution in [0, 0.1) is 10.1 Å². The molecule has 2 aromatic carbocycles. The van der Waals surface area contributed by atoms with Crippen molar-refractivity contribution in [3.63, 3.8) is 0 Å². The lowest BCUT2D eigenvalue weighted by molar-refractivity contribution is -0.534. The molecule has 3 aliphatic heterocycles. The summed E-state index contributed by atoms with van der Waals surface area (Å²) in [7, 11) is 1.77. The van der Waals surface area contributed by atoms with Gasteiger partial charge in [-0.15, -0.1) is 0 Å². The van der Waals surface area contributed by atoms with Crippen LogP contribution in [0.25, 0.3) is 0 Å². The summed E-state index contributed by atoms with van der Waals surface area (Å²) in [5.41, 5.74) is 0.720. The number of nitrogens with zero attached hydrogens (tertiary/aromatic N) is 2. The Bertz CT molecular complexity index is 978. The Balaban J connectivity index is 1.67. The molecular weight excluding hydrogens is 350 g/mol. The monoisotopic (exact) mass is 367 g/mol. The quantitative estimate of drug-likeness (QED) is 0.644. The lowest BCUT2D eigenvalue weighted by Crippen LogP contribution is -2.54. The van der Waals surface area contributed by atoms with Crippen LogP contribution in [0.4, 0.5) is 5.69 Å². The number of ether oxygens (including phenoxy) is 2. The highest BCUT2D eigenvalue weighted by Gasteiger charge is 2.68. The number of anilines is 1. The van der Waals surface area contributed by atoms with Crippen molar-refractivity contribution in [3.8, 4) is 11.5 Å². The number of likely N-dealkylation sites (tertiary alicyclic amines) is 1. The van der Waals surface area contributed by atoms with Gasteiger partial charge < -0.3 is 14.8 Å². The van der Waals surface area contributed by atoms with Gasteiger partial charge in [-0.05, 0) is 30.8 Å². The van der Waals surface area contributed by atoms with Gasteiger partial charge in [-0.2, -0.15) is 0 Å². The maximum atomic E-state index is 13.0. The number of likely N-dealkylation sites (N-methyl/N-ethyl adjacent to an activating group) is 1. The first-order chi connectivity index (χ1) is 13.0. The number of fused-ring (bicyclic) bond motifs is 3. The zero-order valence-electron chi connectivity index (χ0n) is 14.5. The number of rotatable bonds is 2. The van der Waals surface area contributed by atoms with Crippen molar-refractivity contribution in [1.82, 2.24) is 4.90 Å². The number of benzene rings is 2. The minimum atomic E-state index is -1.33. The first-order valence-corrected chi connectivity index (χ1v) is 8.68. The Morgan fingerprint density at radius 2 is 2.00 bits per heavy atom. The van der Waals surface area contributed by atoms with E-state index in [1.165, 1.54) is 0 Å². The molecule has 0 bridgehead atoms. The second-order valence-corrected chi connectivity index (χ2v) is 7.10. The summed E-state index contributed by atoms with van der Waals surface area (Å²) in [5.74, 6) is 0.392. The molecule has 3 atom stereocenters. The van der Waals surface area contributed by atoms with E-state index in [0.717, 1.165) is 5.56 Å². The summed E-state index contributed by atoms with van der Waals surface area (Å²) >= 11 is 0. The summed E-state index contributed by atoms with van der Waals surface area (Å²) in [6.07, 6.45) is 0. The predicted octanol–water partition coefficient (Wildman–Crippen LogP) is 1.94. The van der Waals surface area contributed by atoms with Crippen molar-refractivity contribution in [2.75, 3.05) is 25.7 Å². The third kappa shape index (κ3) is 1.98. The van der Waals surface area contributed by atoms with Gasteiger partial charge in [-0.1, -0.05) is 24.3 Å². The molecule has 1 saturated heterocycles. The van der Waals surface area contributed by atoms with E-state index < -0.39 is 17.5 Å². The summed E-state index contributed by atoms with van der Waals surface area (Å²) < 4.78 is 10.8. The van der Waals surface area contributed by atoms with Crippen molar-refractivity contribution in [3.05, 3.63) is 63.7 Å². The fraction of sp³-hybridized carbons (Fsp3) is 0.316. The lowest BCUT2D eigenvalue weighted by Gasteiger charge is -2.30. The summed E-state index contributed by atoms with van der Waals surface area (Å²) in [6, 6.07) is 11.4. The highest BCUT2D eigenvalue weighted by Crippen LogP contribution is 2.52. The largest absolute Gasteiger partial charge is 0.454 e. The molecule has 0 aromatic heterocycles. The fourth-order valence-corrected chi connectivity index (χ4v) is 4.72. The maximum Gasteiger partial charge on any atom is 0.256 e. The van der Waals surface area contributed by atoms with Gasteiger partial charge >= 0.3 is 0 Å². The summed E-state index contributed by atoms with van der Waals surface area (Å²) in [6.45, 7) is 0.523. The van der Waals surface area contributed by atoms with Gasteiger partial charge in [-0.3, -0.25) is 19.8 Å². The average molecular weight is 367 g/mol. The molecule has 8 heteroatoms. The first kappa shape index (κ1) is 16.1. The summed E-state index contributed by atoms with van der Waals surface area (Å²) in [5, 5.41) is 15.1. The maximum absolute atomic E-state index is 13.0. The second kappa shape index (κ2) is 5.43. The Morgan fingerprint density at radius 1 is 1.22 bits per heavy atom. The molecule has 1 amide bonds. The highest BCUT2D eigenvalue weighted by molar-refractivity contribution is 6.06. The van der Waals surface area contributed by atoms with Crippen LogP contribution in [-0.4, -0.2) is 42.2 Å². The number of carbonyl (C=O) groups is 1. The van der Waals surface area contributed by atoms with Crippen LogP contribution >= 0.6 is 0 Å². The smallest absolute Gasteiger partial charge is 0.256 e. The lowest BCUT2D eigenvalue weighted by atomic mass is 9.79. The molecule has 3 aliphatic rings. The first-order valence-electron chi connectivity index (χ1n) is 8.68. The van der Waals surface area contributed by atoms with Gasteiger partial charge in [0.15, 0.2) is 17.0 Å². The number of amides is 1. The zero-order chi connectivity index (χ0) is 18.8. The van der Waals surface area contributed by atoms with Crippen molar-refractivity contribution in [1.29, 1.82) is 0 Å². The number of hydrogen-bond donors (Lipinski definition) is 1. The Labute approximate surface area is 154 Å². The van der Waals surface area contributed by atoms with Crippen molar-refractivity contribution in [2.45, 2.75) is 17.5 Å². The molecule has 8 nitrogen and oxygen atoms in total. The molecule has 5 rings (SSSR count). The minimum Gasteiger partial charge on any atom is -0.454 e. The molecule has 0 unspecified atom stereocenters. The molecule has 0 radical (unpaired) electrons. The molecule has 1 spiro atoms. The minimum absolute atomic E-state index is 0.141. The van der Waals surface area contributed by atoms with Gasteiger partial charge in [0.05, 0.1) is 5.92 Å². The van der Waals surface area contributed by atoms with Gasteiger partial charge in [0.25, 0.3) is 11.9 Å². The molecule has 0 aliphatic carbocycles. The molecule has 1 N–H and O–H groups in total. The van der Waals surface area contributed by atoms with E-state index in [1.807, 2.05) is 12.1 Å². The molecule has 3 heterocycles. The Morgan fingerprint density at radius 3 is 2.81 bits per heavy atom. The predicted molar refractivity (Wildman–Crippen MR) is 95.5 cm³/mol. The molecule has 0 saturated carbocycles. The van der Waals surface area contributed by atoms with Crippen molar-refractivity contribution < 1.29 is 19.2 Å². The molecular formula is C19H17N3O5. The van der Waals surface area contributed by atoms with Crippen LogP contribution in [0.1, 0.15) is 17.0 Å². The zero-order valence-corrected chi connectivity index (χ0v) is 14.5. The van der Waals surface area contributed by atoms with Crippen LogP contribution < -0.4 is 14.8 Å². The van der Waals surface area contributed by atoms with E-state index in [-0.39, 0.29) is 17.6 Å². The van der Waals surface area contributed by atoms with E-state index >= 15 is 0 Å². The van der Waals surface area contributed by atoms with Gasteiger partial charge in [0.1, 0.15) is 0 Å². The topological polar surface area (TPSA) is 93.9 Å². The number of para-hydroxylation sites is 1. The average Bonchev–Trinajstić information content (AvgIpc) is 3.31. The van der Waals surface area contributed by atoms with E-state index in [9.17, 15) is 14.9 Å². The van der Waals surface area contributed by atoms with E-state index in [0.29, 0.717) is 29.3 Å².